The second-order valence-electron chi connectivity index (χ2n) is 4.32. The van der Waals surface area contributed by atoms with E-state index in [1.54, 1.807) is 0 Å². The molecule has 0 radical (unpaired) electrons. The molecule has 1 aromatic rings. The maximum atomic E-state index is 9.20. The van der Waals surface area contributed by atoms with Crippen molar-refractivity contribution in [1.29, 1.82) is 0 Å². The lowest BCUT2D eigenvalue weighted by atomic mass is 9.94. The normalized spacial score (nSPS) is 27.5. The molecule has 1 fully saturated rings. The van der Waals surface area contributed by atoms with Gasteiger partial charge in [0.2, 0.25) is 0 Å². The van der Waals surface area contributed by atoms with Gasteiger partial charge in [0.05, 0.1) is 0 Å². The zero-order chi connectivity index (χ0) is 11.0. The lowest BCUT2D eigenvalue weighted by molar-refractivity contribution is 0.159. The van der Waals surface area contributed by atoms with Crippen molar-refractivity contribution in [3.05, 3.63) is 35.4 Å². The van der Waals surface area contributed by atoms with Crippen LogP contribution in [0.2, 0.25) is 0 Å². The van der Waals surface area contributed by atoms with E-state index < -0.39 is 0 Å². The summed E-state index contributed by atoms with van der Waals surface area (Å²) in [4.78, 5) is 2.32. The third-order valence-corrected chi connectivity index (χ3v) is 3.36. The molecular weight excluding hydrogens is 202 g/mol. The quantitative estimate of drug-likeness (QED) is 0.503. The van der Waals surface area contributed by atoms with Gasteiger partial charge in [0.1, 0.15) is 11.9 Å². The van der Waals surface area contributed by atoms with Crippen LogP contribution in [-0.2, 0) is 6.54 Å². The number of nitrogens with zero attached hydrogens (tertiary/aromatic N) is 2. The summed E-state index contributed by atoms with van der Waals surface area (Å²) in [5.74, 6) is 0. The van der Waals surface area contributed by atoms with E-state index in [-0.39, 0.29) is 6.17 Å². The van der Waals surface area contributed by atoms with Crippen molar-refractivity contribution in [3.8, 4) is 0 Å². The van der Waals surface area contributed by atoms with Gasteiger partial charge in [0.15, 0.2) is 0 Å². The fourth-order valence-electron chi connectivity index (χ4n) is 2.60. The van der Waals surface area contributed by atoms with E-state index in [0.717, 1.165) is 37.3 Å². The van der Waals surface area contributed by atoms with Crippen molar-refractivity contribution in [2.75, 3.05) is 13.1 Å². The van der Waals surface area contributed by atoms with Crippen molar-refractivity contribution in [3.63, 3.8) is 0 Å². The molecule has 1 saturated heterocycles. The van der Waals surface area contributed by atoms with Crippen LogP contribution in [-0.4, -0.2) is 35.1 Å². The first-order valence-corrected chi connectivity index (χ1v) is 5.68. The van der Waals surface area contributed by atoms with Gasteiger partial charge in [-0.15, -0.1) is 0 Å². The van der Waals surface area contributed by atoms with Gasteiger partial charge in [0, 0.05) is 18.7 Å². The van der Waals surface area contributed by atoms with E-state index in [1.807, 2.05) is 18.2 Å². The van der Waals surface area contributed by atoms with Crippen LogP contribution in [0.25, 0.3) is 0 Å². The molecule has 1 unspecified atom stereocenters. The summed E-state index contributed by atoms with van der Waals surface area (Å²) in [5, 5.41) is 16.1. The zero-order valence-electron chi connectivity index (χ0n) is 9.06. The Balaban J connectivity index is 2.06. The van der Waals surface area contributed by atoms with Gasteiger partial charge in [-0.2, -0.15) is 0 Å². The van der Waals surface area contributed by atoms with E-state index in [4.69, 9.17) is 0 Å². The minimum Gasteiger partial charge on any atom is -0.411 e. The van der Waals surface area contributed by atoms with Crippen LogP contribution in [0.5, 0.6) is 0 Å². The lowest BCUT2D eigenvalue weighted by Crippen LogP contribution is -2.57. The monoisotopic (exact) mass is 217 g/mol. The van der Waals surface area contributed by atoms with Crippen LogP contribution in [0, 0.1) is 0 Å². The summed E-state index contributed by atoms with van der Waals surface area (Å²) < 4.78 is 0. The highest BCUT2D eigenvalue weighted by molar-refractivity contribution is 6.05. The molecule has 3 rings (SSSR count). The van der Waals surface area contributed by atoms with Gasteiger partial charge in [0.25, 0.3) is 0 Å². The standard InChI is InChI=1S/C12H15N3O/c16-14-11-10-5-2-1-4-9(10)8-15-7-3-6-13-12(11)15/h1-2,4-5,12-13,16H,3,6-8H2/b14-11-. The first-order chi connectivity index (χ1) is 7.90. The summed E-state index contributed by atoms with van der Waals surface area (Å²) in [5.41, 5.74) is 3.07. The van der Waals surface area contributed by atoms with E-state index in [1.165, 1.54) is 5.56 Å². The first kappa shape index (κ1) is 9.81. The third kappa shape index (κ3) is 1.42. The van der Waals surface area contributed by atoms with Crippen molar-refractivity contribution < 1.29 is 5.21 Å². The van der Waals surface area contributed by atoms with Crippen LogP contribution in [0.3, 0.4) is 0 Å². The summed E-state index contributed by atoms with van der Waals surface area (Å²) in [6.45, 7) is 2.99. The topological polar surface area (TPSA) is 47.9 Å². The molecule has 4 heteroatoms. The van der Waals surface area contributed by atoms with Gasteiger partial charge in [-0.05, 0) is 18.5 Å². The summed E-state index contributed by atoms with van der Waals surface area (Å²) >= 11 is 0. The molecule has 1 atom stereocenters. The largest absolute Gasteiger partial charge is 0.411 e. The molecule has 0 amide bonds. The van der Waals surface area contributed by atoms with Crippen LogP contribution in [0.1, 0.15) is 17.5 Å². The maximum Gasteiger partial charge on any atom is 0.119 e. The average Bonchev–Trinajstić information content (AvgIpc) is 2.36. The molecular formula is C12H15N3O. The summed E-state index contributed by atoms with van der Waals surface area (Å²) in [6, 6.07) is 8.15. The molecule has 0 saturated carbocycles. The highest BCUT2D eigenvalue weighted by Crippen LogP contribution is 2.24. The Morgan fingerprint density at radius 2 is 2.25 bits per heavy atom. The van der Waals surface area contributed by atoms with Crippen LogP contribution in [0.15, 0.2) is 29.4 Å². The SMILES string of the molecule is O/N=C1/c2ccccc2CN2CCCNC12. The fourth-order valence-corrected chi connectivity index (χ4v) is 2.60. The predicted molar refractivity (Wildman–Crippen MR) is 61.6 cm³/mol. The fraction of sp³-hybridized carbons (Fsp3) is 0.417. The molecule has 2 heterocycles. The third-order valence-electron chi connectivity index (χ3n) is 3.36. The van der Waals surface area contributed by atoms with Crippen molar-refractivity contribution >= 4 is 5.71 Å². The maximum absolute atomic E-state index is 9.20. The van der Waals surface area contributed by atoms with E-state index in [9.17, 15) is 5.21 Å². The average molecular weight is 217 g/mol. The Hall–Kier alpha value is -1.39. The second-order valence-corrected chi connectivity index (χ2v) is 4.32. The molecule has 4 nitrogen and oxygen atoms in total. The van der Waals surface area contributed by atoms with Crippen LogP contribution < -0.4 is 5.32 Å². The van der Waals surface area contributed by atoms with Gasteiger partial charge >= 0.3 is 0 Å². The second kappa shape index (κ2) is 3.88. The number of hydrogen-bond donors (Lipinski definition) is 2. The van der Waals surface area contributed by atoms with E-state index in [0.29, 0.717) is 0 Å². The zero-order valence-corrected chi connectivity index (χ0v) is 9.06. The molecule has 2 aliphatic heterocycles. The summed E-state index contributed by atoms with van der Waals surface area (Å²) in [6.07, 6.45) is 1.23. The van der Waals surface area contributed by atoms with Gasteiger partial charge < -0.3 is 5.21 Å². The van der Waals surface area contributed by atoms with Crippen LogP contribution >= 0.6 is 0 Å². The van der Waals surface area contributed by atoms with E-state index in [2.05, 4.69) is 21.4 Å². The lowest BCUT2D eigenvalue weighted by Gasteiger charge is -2.40. The number of nitrogens with one attached hydrogen (secondary N) is 1. The Bertz CT molecular complexity index is 430. The predicted octanol–water partition coefficient (Wildman–Crippen LogP) is 1.000. The number of rotatable bonds is 0. The van der Waals surface area contributed by atoms with E-state index >= 15 is 0 Å². The molecule has 0 spiro atoms. The molecule has 0 bridgehead atoms. The van der Waals surface area contributed by atoms with Gasteiger partial charge in [-0.3, -0.25) is 10.2 Å². The number of benzene rings is 1. The first-order valence-electron chi connectivity index (χ1n) is 5.68. The molecule has 0 aromatic heterocycles. The number of oxime groups is 1. The minimum atomic E-state index is 0.0775. The van der Waals surface area contributed by atoms with Gasteiger partial charge in [-0.25, -0.2) is 0 Å². The molecule has 0 aliphatic carbocycles. The smallest absolute Gasteiger partial charge is 0.119 e. The molecule has 84 valence electrons. The Kier molecular flexibility index (Phi) is 2.38. The molecule has 1 aromatic carbocycles. The highest BCUT2D eigenvalue weighted by atomic mass is 16.4. The Labute approximate surface area is 94.6 Å². The number of hydrogen-bond acceptors (Lipinski definition) is 4. The minimum absolute atomic E-state index is 0.0775. The summed E-state index contributed by atoms with van der Waals surface area (Å²) in [7, 11) is 0. The van der Waals surface area contributed by atoms with Crippen molar-refractivity contribution in [2.45, 2.75) is 19.1 Å². The molecule has 2 N–H and O–H groups in total. The molecule has 16 heavy (non-hydrogen) atoms. The Morgan fingerprint density at radius 3 is 3.12 bits per heavy atom. The Morgan fingerprint density at radius 1 is 1.38 bits per heavy atom. The van der Waals surface area contributed by atoms with Crippen LogP contribution in [0.4, 0.5) is 0 Å². The van der Waals surface area contributed by atoms with Gasteiger partial charge in [-0.1, -0.05) is 29.4 Å². The number of fused-ring (bicyclic) bond motifs is 2. The highest BCUT2D eigenvalue weighted by Gasteiger charge is 2.33. The van der Waals surface area contributed by atoms with Crippen molar-refractivity contribution in [1.82, 2.24) is 10.2 Å². The molecule has 2 aliphatic rings. The van der Waals surface area contributed by atoms with Crippen molar-refractivity contribution in [2.24, 2.45) is 5.16 Å².